The molecule has 0 amide bonds. The number of hydrogen-bond acceptors (Lipinski definition) is 5. The number of anilines is 1. The van der Waals surface area contributed by atoms with E-state index in [1.807, 2.05) is 11.9 Å². The number of nitriles is 1. The molecule has 1 aromatic carbocycles. The molecule has 0 spiro atoms. The number of halogens is 4. The second kappa shape index (κ2) is 6.69. The summed E-state index contributed by atoms with van der Waals surface area (Å²) in [6.07, 6.45) is -5.40. The van der Waals surface area contributed by atoms with E-state index in [0.717, 1.165) is 17.9 Å². The quantitative estimate of drug-likeness (QED) is 0.822. The third-order valence-electron chi connectivity index (χ3n) is 4.07. The van der Waals surface area contributed by atoms with Crippen LogP contribution in [0.4, 0.5) is 23.2 Å². The maximum Gasteiger partial charge on any atom is 0.573 e. The number of piperidine rings is 1. The molecule has 25 heavy (non-hydrogen) atoms. The summed E-state index contributed by atoms with van der Waals surface area (Å²) in [6.45, 7) is 1.02. The monoisotopic (exact) mass is 373 g/mol. The van der Waals surface area contributed by atoms with Gasteiger partial charge in [0.05, 0.1) is 16.4 Å². The average Bonchev–Trinajstić information content (AvgIpc) is 2.87. The molecule has 3 rings (SSSR count). The third kappa shape index (κ3) is 3.80. The summed E-state index contributed by atoms with van der Waals surface area (Å²) in [7, 11) is 1.84. The highest BCUT2D eigenvalue weighted by Crippen LogP contribution is 2.43. The highest BCUT2D eigenvalue weighted by Gasteiger charge is 2.34. The van der Waals surface area contributed by atoms with Gasteiger partial charge >= 0.3 is 6.36 Å². The van der Waals surface area contributed by atoms with Crippen molar-refractivity contribution >= 4 is 27.1 Å². The van der Waals surface area contributed by atoms with Gasteiger partial charge in [-0.3, -0.25) is 0 Å². The van der Waals surface area contributed by atoms with Crippen LogP contribution in [-0.4, -0.2) is 43.6 Å². The average molecular weight is 373 g/mol. The van der Waals surface area contributed by atoms with Crippen molar-refractivity contribution < 1.29 is 22.3 Å². The van der Waals surface area contributed by atoms with Crippen molar-refractivity contribution in [3.63, 3.8) is 0 Å². The van der Waals surface area contributed by atoms with Gasteiger partial charge in [0, 0.05) is 18.5 Å². The minimum absolute atomic E-state index is 0.165. The fourth-order valence-corrected chi connectivity index (χ4v) is 3.92. The number of alkyl halides is 4. The van der Waals surface area contributed by atoms with E-state index < -0.39 is 24.3 Å². The van der Waals surface area contributed by atoms with E-state index >= 15 is 0 Å². The van der Waals surface area contributed by atoms with Crippen LogP contribution in [0.2, 0.25) is 0 Å². The standard InChI is InChI=1S/C16H15F4N3OS/c1-23-6-5-11(10(17)8-23)22-12-4-2-3-9-14(24-16(18,19)20)13(7-21)25-15(9)12/h2-4,10-11,22H,5-6,8H2,1H3/t10-,11+/m0/s1. The SMILES string of the molecule is CN1CC[C@@H](Nc2cccc3c(OC(F)(F)F)c(C#N)sc23)[C@@H](F)C1. The topological polar surface area (TPSA) is 48.3 Å². The molecule has 0 aliphatic carbocycles. The normalized spacial score (nSPS) is 21.9. The lowest BCUT2D eigenvalue weighted by Crippen LogP contribution is -2.46. The predicted molar refractivity (Wildman–Crippen MR) is 87.6 cm³/mol. The van der Waals surface area contributed by atoms with E-state index in [4.69, 9.17) is 5.26 Å². The van der Waals surface area contributed by atoms with E-state index in [1.54, 1.807) is 18.2 Å². The van der Waals surface area contributed by atoms with Crippen LogP contribution in [0.15, 0.2) is 18.2 Å². The van der Waals surface area contributed by atoms with E-state index in [1.165, 1.54) is 6.07 Å². The van der Waals surface area contributed by atoms with Crippen molar-refractivity contribution in [1.29, 1.82) is 5.26 Å². The number of fused-ring (bicyclic) bond motifs is 1. The number of benzene rings is 1. The Labute approximate surface area is 145 Å². The Morgan fingerprint density at radius 1 is 1.40 bits per heavy atom. The highest BCUT2D eigenvalue weighted by molar-refractivity contribution is 7.20. The molecular weight excluding hydrogens is 358 g/mol. The molecule has 2 atom stereocenters. The first-order valence-corrected chi connectivity index (χ1v) is 8.40. The number of ether oxygens (including phenoxy) is 1. The second-order valence-corrected chi connectivity index (χ2v) is 6.94. The Morgan fingerprint density at radius 3 is 2.80 bits per heavy atom. The van der Waals surface area contributed by atoms with Gasteiger partial charge in [0.2, 0.25) is 0 Å². The van der Waals surface area contributed by atoms with E-state index in [9.17, 15) is 17.6 Å². The van der Waals surface area contributed by atoms with Gasteiger partial charge in [-0.05, 0) is 25.6 Å². The maximum absolute atomic E-state index is 14.2. The molecule has 0 unspecified atom stereocenters. The molecule has 1 N–H and O–H groups in total. The summed E-state index contributed by atoms with van der Waals surface area (Å²) < 4.78 is 56.6. The van der Waals surface area contributed by atoms with Crippen LogP contribution in [0.5, 0.6) is 5.75 Å². The zero-order valence-corrected chi connectivity index (χ0v) is 14.0. The summed E-state index contributed by atoms with van der Waals surface area (Å²) >= 11 is 0.900. The summed E-state index contributed by atoms with van der Waals surface area (Å²) in [5.74, 6) is -0.501. The summed E-state index contributed by atoms with van der Waals surface area (Å²) in [4.78, 5) is 1.72. The van der Waals surface area contributed by atoms with Crippen LogP contribution in [-0.2, 0) is 0 Å². The summed E-state index contributed by atoms with van der Waals surface area (Å²) in [5, 5.41) is 12.4. The molecule has 9 heteroatoms. The number of thiophene rings is 1. The predicted octanol–water partition coefficient (Wildman–Crippen LogP) is 4.13. The van der Waals surface area contributed by atoms with Crippen LogP contribution in [0.3, 0.4) is 0 Å². The molecule has 0 saturated carbocycles. The highest BCUT2D eigenvalue weighted by atomic mass is 32.1. The molecule has 1 aliphatic heterocycles. The maximum atomic E-state index is 14.2. The Kier molecular flexibility index (Phi) is 4.75. The molecule has 4 nitrogen and oxygen atoms in total. The van der Waals surface area contributed by atoms with Gasteiger partial charge in [-0.2, -0.15) is 5.26 Å². The van der Waals surface area contributed by atoms with Crippen molar-refractivity contribution in [3.8, 4) is 11.8 Å². The molecule has 1 saturated heterocycles. The molecule has 1 aromatic heterocycles. The Balaban J connectivity index is 1.96. The van der Waals surface area contributed by atoms with Crippen LogP contribution in [0.25, 0.3) is 10.1 Å². The zero-order valence-electron chi connectivity index (χ0n) is 13.2. The lowest BCUT2D eigenvalue weighted by Gasteiger charge is -2.33. The molecule has 1 fully saturated rings. The molecule has 134 valence electrons. The number of nitrogens with zero attached hydrogens (tertiary/aromatic N) is 2. The Bertz CT molecular complexity index is 814. The third-order valence-corrected chi connectivity index (χ3v) is 5.20. The van der Waals surface area contributed by atoms with Gasteiger partial charge in [-0.15, -0.1) is 24.5 Å². The first kappa shape index (κ1) is 17.8. The molecule has 0 radical (unpaired) electrons. The number of likely N-dealkylation sites (tertiary alicyclic amines) is 1. The molecule has 2 heterocycles. The lowest BCUT2D eigenvalue weighted by atomic mass is 10.0. The van der Waals surface area contributed by atoms with Crippen molar-refractivity contribution in [1.82, 2.24) is 4.90 Å². The first-order chi connectivity index (χ1) is 11.8. The van der Waals surface area contributed by atoms with Gasteiger partial charge in [0.15, 0.2) is 5.75 Å². The van der Waals surface area contributed by atoms with Gasteiger partial charge in [-0.1, -0.05) is 6.07 Å². The fourth-order valence-electron chi connectivity index (χ4n) is 2.92. The van der Waals surface area contributed by atoms with Gasteiger partial charge in [-0.25, -0.2) is 4.39 Å². The van der Waals surface area contributed by atoms with Crippen molar-refractivity contribution in [2.24, 2.45) is 0 Å². The molecular formula is C16H15F4N3OS. The van der Waals surface area contributed by atoms with Crippen molar-refractivity contribution in [3.05, 3.63) is 23.1 Å². The number of nitrogens with one attached hydrogen (secondary N) is 1. The minimum Gasteiger partial charge on any atom is -0.403 e. The Morgan fingerprint density at radius 2 is 2.16 bits per heavy atom. The van der Waals surface area contributed by atoms with Crippen LogP contribution in [0, 0.1) is 11.3 Å². The first-order valence-electron chi connectivity index (χ1n) is 7.59. The fraction of sp³-hybridized carbons (Fsp3) is 0.438. The second-order valence-electron chi connectivity index (χ2n) is 5.92. The largest absolute Gasteiger partial charge is 0.573 e. The molecule has 0 bridgehead atoms. The van der Waals surface area contributed by atoms with Gasteiger partial charge in [0.1, 0.15) is 17.1 Å². The van der Waals surface area contributed by atoms with Crippen LogP contribution < -0.4 is 10.1 Å². The van der Waals surface area contributed by atoms with Crippen molar-refractivity contribution in [2.75, 3.05) is 25.5 Å². The summed E-state index contributed by atoms with van der Waals surface area (Å²) in [6, 6.07) is 6.00. The van der Waals surface area contributed by atoms with Crippen LogP contribution >= 0.6 is 11.3 Å². The van der Waals surface area contributed by atoms with E-state index in [0.29, 0.717) is 23.4 Å². The van der Waals surface area contributed by atoms with Gasteiger partial charge < -0.3 is 15.0 Å². The van der Waals surface area contributed by atoms with E-state index in [-0.39, 0.29) is 10.3 Å². The Hall–Kier alpha value is -2.05. The van der Waals surface area contributed by atoms with E-state index in [2.05, 4.69) is 10.1 Å². The van der Waals surface area contributed by atoms with Crippen LogP contribution in [0.1, 0.15) is 11.3 Å². The molecule has 1 aliphatic rings. The zero-order chi connectivity index (χ0) is 18.2. The number of hydrogen-bond donors (Lipinski definition) is 1. The minimum atomic E-state index is -4.89. The number of rotatable bonds is 3. The molecule has 2 aromatic rings. The van der Waals surface area contributed by atoms with Crippen molar-refractivity contribution in [2.45, 2.75) is 25.0 Å². The van der Waals surface area contributed by atoms with Gasteiger partial charge in [0.25, 0.3) is 0 Å². The smallest absolute Gasteiger partial charge is 0.403 e. The summed E-state index contributed by atoms with van der Waals surface area (Å²) in [5.41, 5.74) is 0.508. The lowest BCUT2D eigenvalue weighted by molar-refractivity contribution is -0.274.